The molecular formula is C12H15BrClNO. The van der Waals surface area contributed by atoms with Crippen LogP contribution in [0.2, 0.25) is 5.02 Å². The fourth-order valence-corrected chi connectivity index (χ4v) is 2.83. The highest BCUT2D eigenvalue weighted by Gasteiger charge is 2.29. The number of halogens is 2. The number of piperidine rings is 1. The molecule has 0 unspecified atom stereocenters. The van der Waals surface area contributed by atoms with E-state index in [1.54, 1.807) is 0 Å². The molecule has 0 aromatic heterocycles. The molecule has 0 aliphatic carbocycles. The molecule has 4 heteroatoms. The van der Waals surface area contributed by atoms with Gasteiger partial charge in [0.15, 0.2) is 0 Å². The summed E-state index contributed by atoms with van der Waals surface area (Å²) in [6.07, 6.45) is 2.22. The van der Waals surface area contributed by atoms with Crippen LogP contribution in [-0.4, -0.2) is 23.8 Å². The second-order valence-electron chi connectivity index (χ2n) is 4.39. The minimum Gasteiger partial charge on any atom is -0.389 e. The second kappa shape index (κ2) is 5.05. The summed E-state index contributed by atoms with van der Waals surface area (Å²) >= 11 is 9.53. The Morgan fingerprint density at radius 1 is 1.38 bits per heavy atom. The van der Waals surface area contributed by atoms with Gasteiger partial charge in [-0.2, -0.15) is 0 Å². The van der Waals surface area contributed by atoms with Crippen molar-refractivity contribution in [2.24, 2.45) is 0 Å². The van der Waals surface area contributed by atoms with Gasteiger partial charge in [-0.3, -0.25) is 0 Å². The molecule has 16 heavy (non-hydrogen) atoms. The maximum atomic E-state index is 10.4. The van der Waals surface area contributed by atoms with E-state index in [1.165, 1.54) is 0 Å². The molecule has 2 rings (SSSR count). The van der Waals surface area contributed by atoms with Gasteiger partial charge in [-0.15, -0.1) is 0 Å². The second-order valence-corrected chi connectivity index (χ2v) is 5.71. The lowest BCUT2D eigenvalue weighted by atomic mass is 9.86. The van der Waals surface area contributed by atoms with Crippen LogP contribution in [0.4, 0.5) is 0 Å². The van der Waals surface area contributed by atoms with Gasteiger partial charge in [-0.1, -0.05) is 33.6 Å². The van der Waals surface area contributed by atoms with Gasteiger partial charge in [0, 0.05) is 15.9 Å². The van der Waals surface area contributed by atoms with Crippen molar-refractivity contribution >= 4 is 27.5 Å². The number of nitrogens with one attached hydrogen (secondary N) is 1. The van der Waals surface area contributed by atoms with E-state index in [4.69, 9.17) is 11.6 Å². The molecule has 0 radical (unpaired) electrons. The number of benzene rings is 1. The van der Waals surface area contributed by atoms with Crippen LogP contribution >= 0.6 is 27.5 Å². The average molecular weight is 305 g/mol. The highest BCUT2D eigenvalue weighted by Crippen LogP contribution is 2.28. The fourth-order valence-electron chi connectivity index (χ4n) is 2.09. The Morgan fingerprint density at radius 3 is 2.69 bits per heavy atom. The normalized spacial score (nSPS) is 19.7. The molecule has 2 N–H and O–H groups in total. The van der Waals surface area contributed by atoms with Gasteiger partial charge in [0.1, 0.15) is 0 Å². The third-order valence-corrected chi connectivity index (χ3v) is 3.91. The zero-order valence-corrected chi connectivity index (χ0v) is 11.3. The van der Waals surface area contributed by atoms with Crippen molar-refractivity contribution in [3.63, 3.8) is 0 Å². The first-order valence-corrected chi connectivity index (χ1v) is 6.63. The Morgan fingerprint density at radius 2 is 2.06 bits per heavy atom. The standard InChI is InChI=1S/C12H15BrClNO/c13-10-2-1-9(11(14)7-10)8-12(16)3-5-15-6-4-12/h1-2,7,15-16H,3-6,8H2. The van der Waals surface area contributed by atoms with Crippen LogP contribution in [-0.2, 0) is 6.42 Å². The number of hydrogen-bond donors (Lipinski definition) is 2. The molecule has 1 aromatic carbocycles. The fraction of sp³-hybridized carbons (Fsp3) is 0.500. The van der Waals surface area contributed by atoms with Gasteiger partial charge in [0.25, 0.3) is 0 Å². The van der Waals surface area contributed by atoms with Crippen LogP contribution in [0.25, 0.3) is 0 Å². The summed E-state index contributed by atoms with van der Waals surface area (Å²) in [4.78, 5) is 0. The van der Waals surface area contributed by atoms with Crippen LogP contribution in [0.15, 0.2) is 22.7 Å². The molecule has 1 saturated heterocycles. The van der Waals surface area contributed by atoms with Crippen LogP contribution < -0.4 is 5.32 Å². The average Bonchev–Trinajstić information content (AvgIpc) is 2.23. The van der Waals surface area contributed by atoms with Crippen molar-refractivity contribution in [1.29, 1.82) is 0 Å². The number of rotatable bonds is 2. The van der Waals surface area contributed by atoms with Crippen molar-refractivity contribution in [2.45, 2.75) is 24.9 Å². The van der Waals surface area contributed by atoms with Gasteiger partial charge in [0.05, 0.1) is 5.60 Å². The van der Waals surface area contributed by atoms with E-state index >= 15 is 0 Å². The molecule has 0 atom stereocenters. The summed E-state index contributed by atoms with van der Waals surface area (Å²) in [6.45, 7) is 1.76. The van der Waals surface area contributed by atoms with Crippen molar-refractivity contribution in [2.75, 3.05) is 13.1 Å². The molecule has 88 valence electrons. The summed E-state index contributed by atoms with van der Waals surface area (Å²) in [5.74, 6) is 0. The molecule has 1 aliphatic rings. The van der Waals surface area contributed by atoms with Crippen LogP contribution in [0.3, 0.4) is 0 Å². The first-order chi connectivity index (χ1) is 7.59. The van der Waals surface area contributed by atoms with Crippen molar-refractivity contribution in [3.05, 3.63) is 33.3 Å². The maximum absolute atomic E-state index is 10.4. The molecule has 1 fully saturated rings. The van der Waals surface area contributed by atoms with Gasteiger partial charge in [-0.05, 0) is 43.6 Å². The third kappa shape index (κ3) is 2.98. The molecule has 1 heterocycles. The largest absolute Gasteiger partial charge is 0.389 e. The third-order valence-electron chi connectivity index (χ3n) is 3.07. The Labute approximate surface area is 109 Å². The van der Waals surface area contributed by atoms with E-state index in [9.17, 15) is 5.11 Å². The van der Waals surface area contributed by atoms with E-state index in [0.717, 1.165) is 41.0 Å². The Hall–Kier alpha value is -0.0900. The van der Waals surface area contributed by atoms with Crippen molar-refractivity contribution in [3.8, 4) is 0 Å². The van der Waals surface area contributed by atoms with E-state index in [0.29, 0.717) is 6.42 Å². The highest BCUT2D eigenvalue weighted by molar-refractivity contribution is 9.10. The zero-order chi connectivity index (χ0) is 11.6. The molecule has 1 aliphatic heterocycles. The van der Waals surface area contributed by atoms with E-state index in [2.05, 4.69) is 21.2 Å². The summed E-state index contributed by atoms with van der Waals surface area (Å²) in [5, 5.41) is 14.4. The minimum absolute atomic E-state index is 0.595. The van der Waals surface area contributed by atoms with Gasteiger partial charge >= 0.3 is 0 Å². The molecular weight excluding hydrogens is 289 g/mol. The summed E-state index contributed by atoms with van der Waals surface area (Å²) in [7, 11) is 0. The SMILES string of the molecule is OC1(Cc2ccc(Br)cc2Cl)CCNCC1. The smallest absolute Gasteiger partial charge is 0.0712 e. The summed E-state index contributed by atoms with van der Waals surface area (Å²) in [5.41, 5.74) is 0.428. The Bertz CT molecular complexity index is 377. The molecule has 0 saturated carbocycles. The van der Waals surface area contributed by atoms with Gasteiger partial charge in [-0.25, -0.2) is 0 Å². The molecule has 2 nitrogen and oxygen atoms in total. The van der Waals surface area contributed by atoms with E-state index in [1.807, 2.05) is 18.2 Å². The van der Waals surface area contributed by atoms with Gasteiger partial charge < -0.3 is 10.4 Å². The van der Waals surface area contributed by atoms with Crippen LogP contribution in [0, 0.1) is 0 Å². The lowest BCUT2D eigenvalue weighted by Gasteiger charge is -2.33. The van der Waals surface area contributed by atoms with Crippen molar-refractivity contribution < 1.29 is 5.11 Å². The molecule has 0 bridgehead atoms. The minimum atomic E-state index is -0.595. The summed E-state index contributed by atoms with van der Waals surface area (Å²) < 4.78 is 0.971. The predicted octanol–water partition coefficient (Wildman–Crippen LogP) is 2.76. The highest BCUT2D eigenvalue weighted by atomic mass is 79.9. The van der Waals surface area contributed by atoms with Crippen LogP contribution in [0.5, 0.6) is 0 Å². The first-order valence-electron chi connectivity index (χ1n) is 5.46. The Kier molecular flexibility index (Phi) is 3.90. The summed E-state index contributed by atoms with van der Waals surface area (Å²) in [6, 6.07) is 5.82. The maximum Gasteiger partial charge on any atom is 0.0712 e. The molecule has 0 amide bonds. The van der Waals surface area contributed by atoms with E-state index < -0.39 is 5.60 Å². The van der Waals surface area contributed by atoms with E-state index in [-0.39, 0.29) is 0 Å². The number of hydrogen-bond acceptors (Lipinski definition) is 2. The topological polar surface area (TPSA) is 32.3 Å². The zero-order valence-electron chi connectivity index (χ0n) is 8.97. The molecule has 0 spiro atoms. The number of aliphatic hydroxyl groups is 1. The van der Waals surface area contributed by atoms with Gasteiger partial charge in [0.2, 0.25) is 0 Å². The Balaban J connectivity index is 2.13. The van der Waals surface area contributed by atoms with Crippen LogP contribution in [0.1, 0.15) is 18.4 Å². The lowest BCUT2D eigenvalue weighted by Crippen LogP contribution is -2.43. The monoisotopic (exact) mass is 303 g/mol. The quantitative estimate of drug-likeness (QED) is 0.880. The first kappa shape index (κ1) is 12.4. The lowest BCUT2D eigenvalue weighted by molar-refractivity contribution is 0.0109. The predicted molar refractivity (Wildman–Crippen MR) is 69.9 cm³/mol. The molecule has 1 aromatic rings. The van der Waals surface area contributed by atoms with Crippen molar-refractivity contribution in [1.82, 2.24) is 5.32 Å².